The lowest BCUT2D eigenvalue weighted by atomic mass is 10.00. The Labute approximate surface area is 125 Å². The minimum absolute atomic E-state index is 0.00209. The SMILES string of the molecule is CC[C@H]1OC(n2cnc3c(Cl)nc(Cl)nc32)C(F)[C@H]1C. The summed E-state index contributed by atoms with van der Waals surface area (Å²) in [5.74, 6) is -0.185. The van der Waals surface area contributed by atoms with Gasteiger partial charge < -0.3 is 4.74 Å². The first-order chi connectivity index (χ1) is 9.52. The second kappa shape index (κ2) is 5.09. The number of rotatable bonds is 2. The van der Waals surface area contributed by atoms with E-state index >= 15 is 0 Å². The summed E-state index contributed by atoms with van der Waals surface area (Å²) in [6, 6.07) is 0. The lowest BCUT2D eigenvalue weighted by Gasteiger charge is -2.15. The first-order valence-electron chi connectivity index (χ1n) is 6.38. The Morgan fingerprint density at radius 1 is 1.40 bits per heavy atom. The summed E-state index contributed by atoms with van der Waals surface area (Å²) in [5, 5.41) is 0.144. The van der Waals surface area contributed by atoms with Gasteiger partial charge in [-0.15, -0.1) is 0 Å². The van der Waals surface area contributed by atoms with E-state index in [4.69, 9.17) is 27.9 Å². The minimum atomic E-state index is -1.13. The molecule has 1 fully saturated rings. The van der Waals surface area contributed by atoms with E-state index in [1.54, 1.807) is 0 Å². The van der Waals surface area contributed by atoms with Crippen molar-refractivity contribution in [2.24, 2.45) is 5.92 Å². The Bertz CT molecular complexity index is 650. The van der Waals surface area contributed by atoms with Gasteiger partial charge in [0.1, 0.15) is 5.52 Å². The molecule has 0 bridgehead atoms. The van der Waals surface area contributed by atoms with Gasteiger partial charge in [0, 0.05) is 5.92 Å². The van der Waals surface area contributed by atoms with Crippen LogP contribution in [0, 0.1) is 5.92 Å². The monoisotopic (exact) mass is 318 g/mol. The van der Waals surface area contributed by atoms with E-state index in [1.165, 1.54) is 10.9 Å². The molecule has 108 valence electrons. The van der Waals surface area contributed by atoms with Gasteiger partial charge in [-0.3, -0.25) is 4.57 Å². The molecular formula is C12H13Cl2FN4O. The van der Waals surface area contributed by atoms with Crippen molar-refractivity contribution < 1.29 is 9.13 Å². The third-order valence-corrected chi connectivity index (χ3v) is 4.14. The van der Waals surface area contributed by atoms with Crippen LogP contribution in [0.2, 0.25) is 10.4 Å². The third-order valence-electron chi connectivity index (χ3n) is 3.70. The summed E-state index contributed by atoms with van der Waals surface area (Å²) in [4.78, 5) is 12.0. The van der Waals surface area contributed by atoms with Crippen LogP contribution in [-0.2, 0) is 4.74 Å². The Morgan fingerprint density at radius 3 is 2.80 bits per heavy atom. The highest BCUT2D eigenvalue weighted by atomic mass is 35.5. The molecule has 0 aliphatic carbocycles. The highest BCUT2D eigenvalue weighted by molar-refractivity contribution is 6.35. The molecule has 2 unspecified atom stereocenters. The summed E-state index contributed by atoms with van der Waals surface area (Å²) in [6.45, 7) is 3.81. The predicted molar refractivity (Wildman–Crippen MR) is 73.6 cm³/mol. The van der Waals surface area contributed by atoms with Crippen molar-refractivity contribution in [1.29, 1.82) is 0 Å². The van der Waals surface area contributed by atoms with Gasteiger partial charge >= 0.3 is 0 Å². The highest BCUT2D eigenvalue weighted by Crippen LogP contribution is 2.38. The second-order valence-corrected chi connectivity index (χ2v) is 5.58. The van der Waals surface area contributed by atoms with Crippen LogP contribution in [0.3, 0.4) is 0 Å². The van der Waals surface area contributed by atoms with E-state index in [2.05, 4.69) is 15.0 Å². The molecule has 2 aromatic rings. The Kier molecular flexibility index (Phi) is 3.56. The Morgan fingerprint density at radius 2 is 2.15 bits per heavy atom. The minimum Gasteiger partial charge on any atom is -0.351 e. The average molecular weight is 319 g/mol. The van der Waals surface area contributed by atoms with Crippen molar-refractivity contribution in [3.63, 3.8) is 0 Å². The lowest BCUT2D eigenvalue weighted by Crippen LogP contribution is -2.19. The topological polar surface area (TPSA) is 52.8 Å². The molecule has 4 atom stereocenters. The summed E-state index contributed by atoms with van der Waals surface area (Å²) in [6.07, 6.45) is 0.192. The zero-order chi connectivity index (χ0) is 14.4. The van der Waals surface area contributed by atoms with Crippen molar-refractivity contribution in [3.8, 4) is 0 Å². The molecule has 20 heavy (non-hydrogen) atoms. The summed E-state index contributed by atoms with van der Waals surface area (Å²) in [5.41, 5.74) is 0.770. The second-order valence-electron chi connectivity index (χ2n) is 4.88. The number of imidazole rings is 1. The molecule has 8 heteroatoms. The third kappa shape index (κ3) is 2.06. The maximum absolute atomic E-state index is 14.4. The highest BCUT2D eigenvalue weighted by Gasteiger charge is 2.43. The fourth-order valence-electron chi connectivity index (χ4n) is 2.57. The molecule has 1 aliphatic rings. The van der Waals surface area contributed by atoms with Crippen molar-refractivity contribution in [2.45, 2.75) is 38.8 Å². The molecule has 2 aromatic heterocycles. The van der Waals surface area contributed by atoms with Crippen molar-refractivity contribution in [3.05, 3.63) is 16.8 Å². The predicted octanol–water partition coefficient (Wildman–Crippen LogP) is 3.41. The van der Waals surface area contributed by atoms with Crippen LogP contribution in [0.15, 0.2) is 6.33 Å². The molecule has 0 aromatic carbocycles. The van der Waals surface area contributed by atoms with E-state index in [0.29, 0.717) is 11.2 Å². The van der Waals surface area contributed by atoms with E-state index in [9.17, 15) is 4.39 Å². The van der Waals surface area contributed by atoms with Gasteiger partial charge in [0.25, 0.3) is 0 Å². The van der Waals surface area contributed by atoms with E-state index < -0.39 is 12.4 Å². The number of nitrogens with zero attached hydrogens (tertiary/aromatic N) is 4. The smallest absolute Gasteiger partial charge is 0.225 e. The van der Waals surface area contributed by atoms with Gasteiger partial charge in [0.15, 0.2) is 23.2 Å². The van der Waals surface area contributed by atoms with Crippen molar-refractivity contribution in [1.82, 2.24) is 19.5 Å². The van der Waals surface area contributed by atoms with Crippen LogP contribution in [0.1, 0.15) is 26.5 Å². The fraction of sp³-hybridized carbons (Fsp3) is 0.583. The molecule has 1 aliphatic heterocycles. The summed E-state index contributed by atoms with van der Waals surface area (Å²) < 4.78 is 21.7. The summed E-state index contributed by atoms with van der Waals surface area (Å²) in [7, 11) is 0. The lowest BCUT2D eigenvalue weighted by molar-refractivity contribution is -0.0186. The van der Waals surface area contributed by atoms with Gasteiger partial charge in [-0.1, -0.05) is 25.4 Å². The fourth-order valence-corrected chi connectivity index (χ4v) is 2.99. The number of alkyl halides is 1. The van der Waals surface area contributed by atoms with E-state index in [1.807, 2.05) is 13.8 Å². The van der Waals surface area contributed by atoms with Crippen molar-refractivity contribution >= 4 is 34.4 Å². The van der Waals surface area contributed by atoms with Gasteiger partial charge in [0.05, 0.1) is 12.4 Å². The van der Waals surface area contributed by atoms with Gasteiger partial charge in [-0.05, 0) is 18.0 Å². The van der Waals surface area contributed by atoms with Crippen LogP contribution in [0.25, 0.3) is 11.2 Å². The first-order valence-corrected chi connectivity index (χ1v) is 7.13. The number of hydrogen-bond acceptors (Lipinski definition) is 4. The van der Waals surface area contributed by atoms with E-state index in [0.717, 1.165) is 6.42 Å². The van der Waals surface area contributed by atoms with Crippen LogP contribution < -0.4 is 0 Å². The number of halogens is 3. The van der Waals surface area contributed by atoms with Crippen LogP contribution in [0.5, 0.6) is 0 Å². The number of ether oxygens (including phenoxy) is 1. The first kappa shape index (κ1) is 14.0. The maximum Gasteiger partial charge on any atom is 0.225 e. The molecule has 0 spiro atoms. The van der Waals surface area contributed by atoms with Gasteiger partial charge in [0.2, 0.25) is 5.28 Å². The molecule has 5 nitrogen and oxygen atoms in total. The molecule has 1 saturated heterocycles. The zero-order valence-electron chi connectivity index (χ0n) is 10.9. The number of aromatic nitrogens is 4. The Hall–Kier alpha value is -0.980. The quantitative estimate of drug-likeness (QED) is 0.629. The molecule has 3 rings (SSSR count). The van der Waals surface area contributed by atoms with Crippen LogP contribution in [0.4, 0.5) is 4.39 Å². The van der Waals surface area contributed by atoms with Gasteiger partial charge in [-0.2, -0.15) is 4.98 Å². The van der Waals surface area contributed by atoms with Gasteiger partial charge in [-0.25, -0.2) is 14.4 Å². The number of fused-ring (bicyclic) bond motifs is 1. The molecule has 3 heterocycles. The molecule has 0 radical (unpaired) electrons. The van der Waals surface area contributed by atoms with Crippen LogP contribution >= 0.6 is 23.2 Å². The van der Waals surface area contributed by atoms with E-state index in [-0.39, 0.29) is 22.5 Å². The normalized spacial score (nSPS) is 30.2. The standard InChI is InChI=1S/C12H13Cl2FN4O/c1-3-6-5(2)7(15)11(20-6)19-4-16-8-9(13)17-12(14)18-10(8)19/h4-7,11H,3H2,1-2H3/t5-,6+,7?,11?/m0/s1. The Balaban J connectivity index is 2.07. The zero-order valence-corrected chi connectivity index (χ0v) is 12.4. The van der Waals surface area contributed by atoms with Crippen LogP contribution in [-0.4, -0.2) is 31.8 Å². The average Bonchev–Trinajstić information content (AvgIpc) is 2.93. The largest absolute Gasteiger partial charge is 0.351 e. The molecular weight excluding hydrogens is 306 g/mol. The maximum atomic E-state index is 14.4. The summed E-state index contributed by atoms with van der Waals surface area (Å²) >= 11 is 11.8. The van der Waals surface area contributed by atoms with Crippen molar-refractivity contribution in [2.75, 3.05) is 0 Å². The molecule has 0 saturated carbocycles. The number of hydrogen-bond donors (Lipinski definition) is 0. The molecule has 0 amide bonds. The molecule has 0 N–H and O–H groups in total.